The molecule has 0 bridgehead atoms. The summed E-state index contributed by atoms with van der Waals surface area (Å²) < 4.78 is 45.9. The average molecular weight is 354 g/mol. The molecule has 0 aliphatic heterocycles. The summed E-state index contributed by atoms with van der Waals surface area (Å²) in [5, 5.41) is 2.72. The number of amides is 1. The summed E-state index contributed by atoms with van der Waals surface area (Å²) in [7, 11) is 1.53. The lowest BCUT2D eigenvalue weighted by atomic mass is 10.1. The number of alkyl halides is 3. The van der Waals surface area contributed by atoms with Crippen molar-refractivity contribution in [3.05, 3.63) is 53.7 Å². The van der Waals surface area contributed by atoms with Crippen LogP contribution in [0.1, 0.15) is 11.1 Å². The monoisotopic (exact) mass is 354 g/mol. The second-order valence-corrected chi connectivity index (χ2v) is 5.17. The number of methoxy groups -OCH3 is 1. The largest absolute Gasteiger partial charge is 0.496 e. The summed E-state index contributed by atoms with van der Waals surface area (Å²) >= 11 is 0. The van der Waals surface area contributed by atoms with Crippen LogP contribution < -0.4 is 14.8 Å². The Bertz CT molecular complexity index is 703. The summed E-state index contributed by atoms with van der Waals surface area (Å²) in [6.45, 7) is -1.18. The van der Waals surface area contributed by atoms with Crippen LogP contribution >= 0.6 is 0 Å². The molecular weight excluding hydrogens is 337 g/mol. The van der Waals surface area contributed by atoms with Crippen molar-refractivity contribution in [1.29, 1.82) is 0 Å². The lowest BCUT2D eigenvalue weighted by Gasteiger charge is -2.10. The normalized spacial score (nSPS) is 11.0. The molecule has 0 atom stereocenters. The number of aromatic nitrogens is 1. The van der Waals surface area contributed by atoms with Crippen LogP contribution in [-0.4, -0.2) is 30.8 Å². The van der Waals surface area contributed by atoms with Gasteiger partial charge in [-0.2, -0.15) is 13.2 Å². The van der Waals surface area contributed by atoms with E-state index in [4.69, 9.17) is 4.74 Å². The van der Waals surface area contributed by atoms with Gasteiger partial charge in [-0.25, -0.2) is 4.98 Å². The van der Waals surface area contributed by atoms with E-state index in [9.17, 15) is 18.0 Å². The van der Waals surface area contributed by atoms with Crippen molar-refractivity contribution in [3.63, 3.8) is 0 Å². The van der Waals surface area contributed by atoms with Crippen LogP contribution in [0.4, 0.5) is 13.2 Å². The molecule has 134 valence electrons. The number of para-hydroxylation sites is 1. The molecular formula is C17H17F3N2O3. The number of nitrogens with zero attached hydrogens (tertiary/aromatic N) is 1. The van der Waals surface area contributed by atoms with E-state index in [1.165, 1.54) is 19.4 Å². The highest BCUT2D eigenvalue weighted by Crippen LogP contribution is 2.18. The van der Waals surface area contributed by atoms with Crippen molar-refractivity contribution < 1.29 is 27.4 Å². The Labute approximate surface area is 142 Å². The van der Waals surface area contributed by atoms with E-state index < -0.39 is 12.8 Å². The van der Waals surface area contributed by atoms with Crippen LogP contribution in [0.25, 0.3) is 0 Å². The molecule has 0 aliphatic rings. The molecule has 0 spiro atoms. The smallest absolute Gasteiger partial charge is 0.422 e. The minimum atomic E-state index is -4.41. The van der Waals surface area contributed by atoms with Crippen molar-refractivity contribution in [2.45, 2.75) is 19.1 Å². The van der Waals surface area contributed by atoms with Crippen LogP contribution in [0.15, 0.2) is 42.6 Å². The number of carbonyl (C=O) groups excluding carboxylic acids is 1. The van der Waals surface area contributed by atoms with E-state index in [1.54, 1.807) is 18.2 Å². The minimum absolute atomic E-state index is 0.124. The van der Waals surface area contributed by atoms with E-state index in [1.807, 2.05) is 12.1 Å². The third kappa shape index (κ3) is 6.33. The molecule has 1 amide bonds. The molecule has 8 heteroatoms. The molecule has 5 nitrogen and oxygen atoms in total. The zero-order valence-electron chi connectivity index (χ0n) is 13.5. The Morgan fingerprint density at radius 3 is 2.60 bits per heavy atom. The number of halogens is 3. The number of hydrogen-bond donors (Lipinski definition) is 1. The lowest BCUT2D eigenvalue weighted by Crippen LogP contribution is -2.24. The maximum atomic E-state index is 12.1. The predicted octanol–water partition coefficient (Wildman–Crippen LogP) is 2.89. The van der Waals surface area contributed by atoms with Gasteiger partial charge in [0.25, 0.3) is 0 Å². The van der Waals surface area contributed by atoms with Crippen molar-refractivity contribution in [1.82, 2.24) is 10.3 Å². The quantitative estimate of drug-likeness (QED) is 0.831. The molecule has 0 radical (unpaired) electrons. The van der Waals surface area contributed by atoms with Crippen molar-refractivity contribution >= 4 is 5.91 Å². The Kier molecular flexibility index (Phi) is 6.21. The van der Waals surface area contributed by atoms with Crippen LogP contribution in [0.3, 0.4) is 0 Å². The lowest BCUT2D eigenvalue weighted by molar-refractivity contribution is -0.154. The topological polar surface area (TPSA) is 60.5 Å². The molecule has 0 saturated carbocycles. The van der Waals surface area contributed by atoms with E-state index in [0.29, 0.717) is 11.3 Å². The molecule has 1 aromatic carbocycles. The fraction of sp³-hybridized carbons (Fsp3) is 0.294. The van der Waals surface area contributed by atoms with E-state index >= 15 is 0 Å². The van der Waals surface area contributed by atoms with Crippen molar-refractivity contribution in [2.24, 2.45) is 0 Å². The van der Waals surface area contributed by atoms with Gasteiger partial charge in [-0.05, 0) is 11.6 Å². The van der Waals surface area contributed by atoms with Gasteiger partial charge in [0.2, 0.25) is 11.8 Å². The zero-order valence-corrected chi connectivity index (χ0v) is 13.5. The number of hydrogen-bond acceptors (Lipinski definition) is 4. The van der Waals surface area contributed by atoms with Gasteiger partial charge >= 0.3 is 6.18 Å². The molecule has 2 rings (SSSR count). The highest BCUT2D eigenvalue weighted by molar-refractivity contribution is 5.79. The van der Waals surface area contributed by atoms with Gasteiger partial charge in [-0.1, -0.05) is 24.3 Å². The highest BCUT2D eigenvalue weighted by atomic mass is 19.4. The Hall–Kier alpha value is -2.77. The Morgan fingerprint density at radius 1 is 1.20 bits per heavy atom. The second-order valence-electron chi connectivity index (χ2n) is 5.17. The van der Waals surface area contributed by atoms with Gasteiger partial charge in [-0.3, -0.25) is 4.79 Å². The summed E-state index contributed by atoms with van der Waals surface area (Å²) in [6.07, 6.45) is -2.90. The number of ether oxygens (including phenoxy) is 2. The van der Waals surface area contributed by atoms with E-state index in [2.05, 4.69) is 15.0 Å². The predicted molar refractivity (Wildman–Crippen MR) is 84.3 cm³/mol. The first-order chi connectivity index (χ1) is 11.9. The van der Waals surface area contributed by atoms with Crippen LogP contribution in [0.2, 0.25) is 0 Å². The molecule has 1 N–H and O–H groups in total. The van der Waals surface area contributed by atoms with Gasteiger partial charge in [0, 0.05) is 24.4 Å². The number of nitrogens with one attached hydrogen (secondary N) is 1. The molecule has 1 heterocycles. The van der Waals surface area contributed by atoms with E-state index in [0.717, 1.165) is 5.56 Å². The van der Waals surface area contributed by atoms with Crippen LogP contribution in [-0.2, 0) is 17.8 Å². The van der Waals surface area contributed by atoms with Gasteiger partial charge in [0.15, 0.2) is 6.61 Å². The van der Waals surface area contributed by atoms with Gasteiger partial charge in [0.05, 0.1) is 13.5 Å². The number of rotatable bonds is 7. The van der Waals surface area contributed by atoms with E-state index in [-0.39, 0.29) is 24.8 Å². The highest BCUT2D eigenvalue weighted by Gasteiger charge is 2.28. The SMILES string of the molecule is COc1ccccc1CC(=O)NCc1ccc(OCC(F)(F)F)nc1. The molecule has 1 aromatic heterocycles. The molecule has 0 saturated heterocycles. The number of pyridine rings is 1. The summed E-state index contributed by atoms with van der Waals surface area (Å²) in [4.78, 5) is 15.8. The Morgan fingerprint density at radius 2 is 1.96 bits per heavy atom. The summed E-state index contributed by atoms with van der Waals surface area (Å²) in [5.74, 6) is 0.300. The first-order valence-corrected chi connectivity index (χ1v) is 7.40. The number of carbonyl (C=O) groups is 1. The molecule has 0 unspecified atom stereocenters. The van der Waals surface area contributed by atoms with Gasteiger partial charge in [-0.15, -0.1) is 0 Å². The van der Waals surface area contributed by atoms with Crippen LogP contribution in [0, 0.1) is 0 Å². The van der Waals surface area contributed by atoms with Gasteiger partial charge in [0.1, 0.15) is 5.75 Å². The standard InChI is InChI=1S/C17H17F3N2O3/c1-24-14-5-3-2-4-13(14)8-15(23)21-9-12-6-7-16(22-10-12)25-11-17(18,19)20/h2-7,10H,8-9,11H2,1H3,(H,21,23). The maximum absolute atomic E-state index is 12.1. The average Bonchev–Trinajstić information content (AvgIpc) is 2.59. The van der Waals surface area contributed by atoms with Crippen molar-refractivity contribution in [3.8, 4) is 11.6 Å². The summed E-state index contributed by atoms with van der Waals surface area (Å²) in [6, 6.07) is 10.1. The fourth-order valence-corrected chi connectivity index (χ4v) is 2.04. The molecule has 2 aromatic rings. The summed E-state index contributed by atoms with van der Waals surface area (Å²) in [5.41, 5.74) is 1.41. The number of benzene rings is 1. The molecule has 25 heavy (non-hydrogen) atoms. The third-order valence-electron chi connectivity index (χ3n) is 3.21. The first kappa shape index (κ1) is 18.6. The molecule has 0 aliphatic carbocycles. The molecule has 0 fully saturated rings. The minimum Gasteiger partial charge on any atom is -0.496 e. The zero-order chi connectivity index (χ0) is 18.3. The third-order valence-corrected chi connectivity index (χ3v) is 3.21. The first-order valence-electron chi connectivity index (χ1n) is 7.40. The van der Waals surface area contributed by atoms with Gasteiger partial charge < -0.3 is 14.8 Å². The van der Waals surface area contributed by atoms with Crippen LogP contribution in [0.5, 0.6) is 11.6 Å². The fourth-order valence-electron chi connectivity index (χ4n) is 2.04. The maximum Gasteiger partial charge on any atom is 0.422 e. The van der Waals surface area contributed by atoms with Crippen molar-refractivity contribution in [2.75, 3.05) is 13.7 Å². The second kappa shape index (κ2) is 8.36. The Balaban J connectivity index is 1.83.